The van der Waals surface area contributed by atoms with Gasteiger partial charge >= 0.3 is 0 Å². The van der Waals surface area contributed by atoms with Crippen LogP contribution < -0.4 is 14.4 Å². The summed E-state index contributed by atoms with van der Waals surface area (Å²) >= 11 is 13.7. The van der Waals surface area contributed by atoms with Crippen LogP contribution in [0.2, 0.25) is 10.0 Å². The molecule has 2 aromatic rings. The zero-order chi connectivity index (χ0) is 20.9. The number of nitrogens with zero attached hydrogens (tertiary/aromatic N) is 2. The van der Waals surface area contributed by atoms with Crippen LogP contribution in [0, 0.1) is 0 Å². The average molecular weight is 485 g/mol. The lowest BCUT2D eigenvalue weighted by molar-refractivity contribution is 0.171. The third-order valence-electron chi connectivity index (χ3n) is 5.26. The molecule has 0 radical (unpaired) electrons. The summed E-state index contributed by atoms with van der Waals surface area (Å²) in [7, 11) is -3.11. The zero-order valence-corrected chi connectivity index (χ0v) is 18.9. The standard InChI is InChI=1S/C20H18Cl2N2O4S2/c21-14-3-1-12(7-15(14)22)9-29-20-23-16-10-30(25,26)11-17(16)24(20)13-2-4-18-19(8-13)28-6-5-27-18/h1-4,7-8,16-17H,5-6,9-11H2/t16-,17+/m1/s1. The van der Waals surface area contributed by atoms with Crippen molar-refractivity contribution >= 4 is 55.7 Å². The summed E-state index contributed by atoms with van der Waals surface area (Å²) < 4.78 is 35.8. The highest BCUT2D eigenvalue weighted by Gasteiger charge is 2.47. The van der Waals surface area contributed by atoms with Crippen LogP contribution in [0.5, 0.6) is 11.5 Å². The van der Waals surface area contributed by atoms with Crippen LogP contribution in [-0.4, -0.2) is 50.4 Å². The summed E-state index contributed by atoms with van der Waals surface area (Å²) in [4.78, 5) is 6.79. The van der Waals surface area contributed by atoms with Gasteiger partial charge in [0.2, 0.25) is 0 Å². The number of halogens is 2. The van der Waals surface area contributed by atoms with E-state index in [-0.39, 0.29) is 23.6 Å². The summed E-state index contributed by atoms with van der Waals surface area (Å²) in [5.74, 6) is 2.17. The van der Waals surface area contributed by atoms with Crippen LogP contribution in [0.1, 0.15) is 5.56 Å². The van der Waals surface area contributed by atoms with E-state index in [0.717, 1.165) is 16.4 Å². The number of anilines is 1. The molecule has 10 heteroatoms. The molecular weight excluding hydrogens is 467 g/mol. The molecule has 0 spiro atoms. The molecule has 0 saturated carbocycles. The van der Waals surface area contributed by atoms with Crippen molar-refractivity contribution in [1.29, 1.82) is 0 Å². The van der Waals surface area contributed by atoms with E-state index in [9.17, 15) is 8.42 Å². The fourth-order valence-electron chi connectivity index (χ4n) is 3.89. The molecule has 0 aliphatic carbocycles. The van der Waals surface area contributed by atoms with E-state index in [1.165, 1.54) is 0 Å². The summed E-state index contributed by atoms with van der Waals surface area (Å²) in [6.07, 6.45) is 0. The van der Waals surface area contributed by atoms with Gasteiger partial charge in [-0.25, -0.2) is 8.42 Å². The number of rotatable bonds is 3. The lowest BCUT2D eigenvalue weighted by Gasteiger charge is -2.28. The maximum absolute atomic E-state index is 12.2. The number of hydrogen-bond acceptors (Lipinski definition) is 7. The van der Waals surface area contributed by atoms with Gasteiger partial charge < -0.3 is 14.4 Å². The van der Waals surface area contributed by atoms with Crippen LogP contribution >= 0.6 is 35.0 Å². The normalized spacial score (nSPS) is 23.9. The van der Waals surface area contributed by atoms with Crippen LogP contribution in [0.4, 0.5) is 5.69 Å². The second-order valence-electron chi connectivity index (χ2n) is 7.36. The minimum Gasteiger partial charge on any atom is -0.486 e. The van der Waals surface area contributed by atoms with Crippen molar-refractivity contribution in [2.24, 2.45) is 4.99 Å². The molecule has 3 heterocycles. The average Bonchev–Trinajstić information content (AvgIpc) is 3.19. The fraction of sp³-hybridized carbons (Fsp3) is 0.350. The number of ether oxygens (including phenoxy) is 2. The van der Waals surface area contributed by atoms with Gasteiger partial charge in [0.15, 0.2) is 26.5 Å². The molecule has 0 N–H and O–H groups in total. The van der Waals surface area contributed by atoms with Gasteiger partial charge in [0.25, 0.3) is 0 Å². The van der Waals surface area contributed by atoms with Crippen molar-refractivity contribution < 1.29 is 17.9 Å². The lowest BCUT2D eigenvalue weighted by atomic mass is 10.1. The molecule has 0 aromatic heterocycles. The van der Waals surface area contributed by atoms with Crippen LogP contribution in [0.25, 0.3) is 0 Å². The largest absolute Gasteiger partial charge is 0.486 e. The summed E-state index contributed by atoms with van der Waals surface area (Å²) in [5.41, 5.74) is 1.87. The maximum atomic E-state index is 12.2. The number of sulfone groups is 1. The van der Waals surface area contributed by atoms with Crippen LogP contribution in [0.15, 0.2) is 41.4 Å². The first-order chi connectivity index (χ1) is 14.4. The smallest absolute Gasteiger partial charge is 0.164 e. The number of amidine groups is 1. The molecule has 5 rings (SSSR count). The molecule has 0 amide bonds. The molecule has 0 unspecified atom stereocenters. The first-order valence-corrected chi connectivity index (χ1v) is 13.0. The number of hydrogen-bond donors (Lipinski definition) is 0. The van der Waals surface area contributed by atoms with Gasteiger partial charge in [-0.05, 0) is 29.8 Å². The van der Waals surface area contributed by atoms with Gasteiger partial charge in [0.05, 0.1) is 33.6 Å². The summed E-state index contributed by atoms with van der Waals surface area (Å²) in [6, 6.07) is 10.8. The van der Waals surface area contributed by atoms with Gasteiger partial charge in [-0.3, -0.25) is 4.99 Å². The summed E-state index contributed by atoms with van der Waals surface area (Å²) in [6.45, 7) is 1.01. The van der Waals surface area contributed by atoms with Crippen molar-refractivity contribution in [2.75, 3.05) is 29.6 Å². The second kappa shape index (κ2) is 7.82. The summed E-state index contributed by atoms with van der Waals surface area (Å²) in [5, 5.41) is 1.82. The van der Waals surface area contributed by atoms with Crippen molar-refractivity contribution in [3.63, 3.8) is 0 Å². The van der Waals surface area contributed by atoms with E-state index >= 15 is 0 Å². The Morgan fingerprint density at radius 2 is 1.83 bits per heavy atom. The first kappa shape index (κ1) is 20.3. The predicted molar refractivity (Wildman–Crippen MR) is 121 cm³/mol. The number of fused-ring (bicyclic) bond motifs is 2. The van der Waals surface area contributed by atoms with Gasteiger partial charge in [-0.2, -0.15) is 0 Å². The molecule has 2 atom stereocenters. The van der Waals surface area contributed by atoms with E-state index in [1.54, 1.807) is 17.8 Å². The Morgan fingerprint density at radius 3 is 2.63 bits per heavy atom. The van der Waals surface area contributed by atoms with Gasteiger partial charge in [0.1, 0.15) is 13.2 Å². The number of thioether (sulfide) groups is 1. The molecule has 0 bridgehead atoms. The van der Waals surface area contributed by atoms with Gasteiger partial charge in [0, 0.05) is 17.5 Å². The lowest BCUT2D eigenvalue weighted by Crippen LogP contribution is -2.39. The Morgan fingerprint density at radius 1 is 1.03 bits per heavy atom. The van der Waals surface area contributed by atoms with Crippen molar-refractivity contribution in [3.05, 3.63) is 52.0 Å². The number of benzene rings is 2. The third kappa shape index (κ3) is 3.86. The van der Waals surface area contributed by atoms with Crippen molar-refractivity contribution in [1.82, 2.24) is 0 Å². The predicted octanol–water partition coefficient (Wildman–Crippen LogP) is 4.04. The fourth-order valence-corrected chi connectivity index (χ4v) is 7.12. The molecule has 30 heavy (non-hydrogen) atoms. The van der Waals surface area contributed by atoms with Gasteiger partial charge in [-0.15, -0.1) is 0 Å². The molecule has 1 saturated heterocycles. The maximum Gasteiger partial charge on any atom is 0.164 e. The van der Waals surface area contributed by atoms with E-state index in [2.05, 4.69) is 0 Å². The van der Waals surface area contributed by atoms with E-state index in [0.29, 0.717) is 40.5 Å². The molecule has 1 fully saturated rings. The Bertz CT molecular complexity index is 1140. The highest BCUT2D eigenvalue weighted by atomic mass is 35.5. The highest BCUT2D eigenvalue weighted by Crippen LogP contribution is 2.40. The minimum atomic E-state index is -3.11. The van der Waals surface area contributed by atoms with Gasteiger partial charge in [-0.1, -0.05) is 41.0 Å². The zero-order valence-electron chi connectivity index (χ0n) is 15.8. The van der Waals surface area contributed by atoms with E-state index in [1.807, 2.05) is 35.2 Å². The minimum absolute atomic E-state index is 0.0789. The Balaban J connectivity index is 1.44. The molecule has 3 aliphatic rings. The third-order valence-corrected chi connectivity index (χ3v) is 8.74. The first-order valence-electron chi connectivity index (χ1n) is 9.43. The molecular formula is C20H18Cl2N2O4S2. The quantitative estimate of drug-likeness (QED) is 0.654. The highest BCUT2D eigenvalue weighted by molar-refractivity contribution is 8.13. The number of aliphatic imine (C=N–C) groups is 1. The molecule has 3 aliphatic heterocycles. The topological polar surface area (TPSA) is 68.2 Å². The van der Waals surface area contributed by atoms with E-state index in [4.69, 9.17) is 37.7 Å². The second-order valence-corrected chi connectivity index (χ2v) is 11.3. The van der Waals surface area contributed by atoms with E-state index < -0.39 is 9.84 Å². The van der Waals surface area contributed by atoms with Crippen LogP contribution in [-0.2, 0) is 15.6 Å². The monoisotopic (exact) mass is 484 g/mol. The Labute approximate surface area is 189 Å². The van der Waals surface area contributed by atoms with Crippen LogP contribution in [0.3, 0.4) is 0 Å². The molecule has 6 nitrogen and oxygen atoms in total. The Hall–Kier alpha value is -1.61. The molecule has 158 valence electrons. The molecule has 2 aromatic carbocycles. The Kier molecular flexibility index (Phi) is 5.29. The van der Waals surface area contributed by atoms with Crippen molar-refractivity contribution in [2.45, 2.75) is 17.8 Å². The van der Waals surface area contributed by atoms with Crippen molar-refractivity contribution in [3.8, 4) is 11.5 Å². The SMILES string of the molecule is O=S1(=O)C[C@H]2N=C(SCc3ccc(Cl)c(Cl)c3)N(c3ccc4c(c3)OCCO4)[C@H]2C1.